The lowest BCUT2D eigenvalue weighted by atomic mass is 9.80. The summed E-state index contributed by atoms with van der Waals surface area (Å²) in [5, 5.41) is 11.1. The van der Waals surface area contributed by atoms with E-state index in [1.807, 2.05) is 110 Å². The quantitative estimate of drug-likeness (QED) is 0.141. The normalized spacial score (nSPS) is 14.2. The van der Waals surface area contributed by atoms with E-state index in [0.717, 1.165) is 16.7 Å². The molecule has 0 fully saturated rings. The third-order valence-corrected chi connectivity index (χ3v) is 6.90. The van der Waals surface area contributed by atoms with Crippen molar-refractivity contribution in [3.05, 3.63) is 148 Å². The molecule has 4 rings (SSSR count). The molecule has 4 N–H and O–H groups in total. The van der Waals surface area contributed by atoms with Crippen molar-refractivity contribution in [2.75, 3.05) is 20.7 Å². The first kappa shape index (κ1) is 26.2. The minimum absolute atomic E-state index is 0.00377. The monoisotopic (exact) mass is 496 g/mol. The van der Waals surface area contributed by atoms with Crippen LogP contribution in [-0.2, 0) is 10.3 Å². The van der Waals surface area contributed by atoms with Gasteiger partial charge in [0.25, 0.3) is 5.69 Å². The smallest absolute Gasteiger partial charge is 0.269 e. The van der Waals surface area contributed by atoms with Gasteiger partial charge < -0.3 is 16.2 Å². The largest absolute Gasteiger partial charge is 0.357 e. The van der Waals surface area contributed by atoms with Crippen LogP contribution in [-0.4, -0.2) is 36.2 Å². The summed E-state index contributed by atoms with van der Waals surface area (Å²) in [4.78, 5) is 12.5. The highest BCUT2D eigenvalue weighted by Gasteiger charge is 2.43. The molecule has 0 bridgehead atoms. The molecule has 0 amide bonds. The van der Waals surface area contributed by atoms with Crippen LogP contribution in [0.25, 0.3) is 0 Å². The molecular weight excluding hydrogens is 464 g/mol. The summed E-state index contributed by atoms with van der Waals surface area (Å²) in [5.74, 6) is 0. The van der Waals surface area contributed by atoms with E-state index < -0.39 is 22.2 Å². The molecular formula is C30H32N4O3. The highest BCUT2D eigenvalue weighted by Crippen LogP contribution is 2.41. The van der Waals surface area contributed by atoms with Crippen LogP contribution in [0.2, 0.25) is 0 Å². The Morgan fingerprint density at radius 3 is 1.54 bits per heavy atom. The van der Waals surface area contributed by atoms with Crippen LogP contribution in [0, 0.1) is 10.1 Å². The zero-order valence-electron chi connectivity index (χ0n) is 21.0. The minimum atomic E-state index is -1.14. The Balaban J connectivity index is 1.80. The highest BCUT2D eigenvalue weighted by atomic mass is 16.6. The fourth-order valence-corrected chi connectivity index (χ4v) is 4.58. The van der Waals surface area contributed by atoms with Gasteiger partial charge in [-0.3, -0.25) is 15.0 Å². The predicted molar refractivity (Wildman–Crippen MR) is 146 cm³/mol. The second-order valence-electron chi connectivity index (χ2n) is 9.28. The summed E-state index contributed by atoms with van der Waals surface area (Å²) in [6.45, 7) is 0.0663. The summed E-state index contributed by atoms with van der Waals surface area (Å²) < 4.78 is 6.96. The number of nitro benzene ring substituents is 1. The van der Waals surface area contributed by atoms with E-state index in [9.17, 15) is 10.1 Å². The van der Waals surface area contributed by atoms with Gasteiger partial charge in [0, 0.05) is 12.1 Å². The Bertz CT molecular complexity index is 1200. The molecule has 190 valence electrons. The van der Waals surface area contributed by atoms with E-state index in [1.165, 1.54) is 12.1 Å². The van der Waals surface area contributed by atoms with Crippen molar-refractivity contribution < 1.29 is 9.66 Å². The highest BCUT2D eigenvalue weighted by molar-refractivity contribution is 5.47. The van der Waals surface area contributed by atoms with Crippen molar-refractivity contribution in [3.8, 4) is 0 Å². The second kappa shape index (κ2) is 11.0. The molecule has 0 spiro atoms. The van der Waals surface area contributed by atoms with Gasteiger partial charge in [-0.05, 0) is 36.3 Å². The van der Waals surface area contributed by atoms with Gasteiger partial charge in [-0.25, -0.2) is 0 Å². The molecule has 0 radical (unpaired) electrons. The molecule has 37 heavy (non-hydrogen) atoms. The number of rotatable bonds is 10. The number of nitro groups is 1. The summed E-state index contributed by atoms with van der Waals surface area (Å²) >= 11 is 0. The summed E-state index contributed by atoms with van der Waals surface area (Å²) in [7, 11) is 3.70. The Kier molecular flexibility index (Phi) is 7.80. The summed E-state index contributed by atoms with van der Waals surface area (Å²) in [6, 6.07) is 35.6. The Hall–Kier alpha value is -3.88. The fourth-order valence-electron chi connectivity index (χ4n) is 4.58. The number of non-ortho nitro benzene ring substituents is 1. The van der Waals surface area contributed by atoms with E-state index in [2.05, 4.69) is 0 Å². The molecule has 0 unspecified atom stereocenters. The standard InChI is InChI=1S/C30H32N4O3/c1-33(2)29(32,28(31)23-18-20-27(21-19-23)34(35)36)22-37-30(24-12-6-3-7-13-24,25-14-8-4-9-15-25)26-16-10-5-11-17-26/h3-21,28H,22,31-32H2,1-2H3/t28-,29+/m1/s1. The number of ether oxygens (including phenoxy) is 1. The summed E-state index contributed by atoms with van der Waals surface area (Å²) in [6.07, 6.45) is 0. The van der Waals surface area contributed by atoms with Gasteiger partial charge in [0.05, 0.1) is 17.6 Å². The van der Waals surface area contributed by atoms with Gasteiger partial charge >= 0.3 is 0 Å². The zero-order chi connectivity index (χ0) is 26.5. The van der Waals surface area contributed by atoms with Gasteiger partial charge in [-0.1, -0.05) is 103 Å². The topological polar surface area (TPSA) is 108 Å². The lowest BCUT2D eigenvalue weighted by Gasteiger charge is -2.44. The average Bonchev–Trinajstić information content (AvgIpc) is 2.94. The van der Waals surface area contributed by atoms with Gasteiger partial charge in [0.15, 0.2) is 0 Å². The fraction of sp³-hybridized carbons (Fsp3) is 0.200. The molecule has 0 aliphatic heterocycles. The third-order valence-electron chi connectivity index (χ3n) is 6.90. The Labute approximate surface area is 217 Å². The van der Waals surface area contributed by atoms with Crippen LogP contribution < -0.4 is 11.5 Å². The zero-order valence-corrected chi connectivity index (χ0v) is 21.0. The molecule has 0 aliphatic carbocycles. The maximum absolute atomic E-state index is 11.1. The molecule has 2 atom stereocenters. The van der Waals surface area contributed by atoms with E-state index in [1.54, 1.807) is 12.1 Å². The first-order valence-electron chi connectivity index (χ1n) is 12.1. The Morgan fingerprint density at radius 2 is 1.19 bits per heavy atom. The number of hydrogen-bond donors (Lipinski definition) is 2. The summed E-state index contributed by atoms with van der Waals surface area (Å²) in [5.41, 5.74) is 15.2. The predicted octanol–water partition coefficient (Wildman–Crippen LogP) is 4.82. The lowest BCUT2D eigenvalue weighted by Crippen LogP contribution is -2.63. The van der Waals surface area contributed by atoms with Crippen LogP contribution in [0.5, 0.6) is 0 Å². The van der Waals surface area contributed by atoms with Gasteiger partial charge in [0.1, 0.15) is 11.3 Å². The van der Waals surface area contributed by atoms with E-state index in [-0.39, 0.29) is 12.3 Å². The molecule has 0 heterocycles. The van der Waals surface area contributed by atoms with Crippen molar-refractivity contribution in [2.24, 2.45) is 11.5 Å². The van der Waals surface area contributed by atoms with Gasteiger partial charge in [-0.15, -0.1) is 0 Å². The van der Waals surface area contributed by atoms with Crippen LogP contribution in [0.1, 0.15) is 28.3 Å². The SMILES string of the molecule is CN(C)[C@@](N)(COC(c1ccccc1)(c1ccccc1)c1ccccc1)[C@H](N)c1ccc([N+](=O)[O-])cc1. The van der Waals surface area contributed by atoms with Crippen LogP contribution in [0.3, 0.4) is 0 Å². The van der Waals surface area contributed by atoms with Crippen molar-refractivity contribution >= 4 is 5.69 Å². The third kappa shape index (κ3) is 5.16. The minimum Gasteiger partial charge on any atom is -0.357 e. The van der Waals surface area contributed by atoms with E-state index in [4.69, 9.17) is 16.2 Å². The molecule has 4 aromatic carbocycles. The van der Waals surface area contributed by atoms with Crippen LogP contribution in [0.15, 0.2) is 115 Å². The number of nitrogens with two attached hydrogens (primary N) is 2. The number of nitrogens with zero attached hydrogens (tertiary/aromatic N) is 2. The van der Waals surface area contributed by atoms with Crippen molar-refractivity contribution in [3.63, 3.8) is 0 Å². The van der Waals surface area contributed by atoms with Crippen molar-refractivity contribution in [1.82, 2.24) is 4.90 Å². The molecule has 7 nitrogen and oxygen atoms in total. The molecule has 4 aromatic rings. The number of benzene rings is 4. The van der Waals surface area contributed by atoms with Crippen LogP contribution >= 0.6 is 0 Å². The van der Waals surface area contributed by atoms with E-state index in [0.29, 0.717) is 5.56 Å². The maximum Gasteiger partial charge on any atom is 0.269 e. The molecule has 0 aromatic heterocycles. The molecule has 7 heteroatoms. The number of likely N-dealkylation sites (N-methyl/N-ethyl adjacent to an activating group) is 1. The number of hydrogen-bond acceptors (Lipinski definition) is 6. The molecule has 0 aliphatic rings. The average molecular weight is 497 g/mol. The second-order valence-corrected chi connectivity index (χ2v) is 9.28. The first-order chi connectivity index (χ1) is 17.8. The molecule has 0 saturated carbocycles. The van der Waals surface area contributed by atoms with Gasteiger partial charge in [0.2, 0.25) is 0 Å². The lowest BCUT2D eigenvalue weighted by molar-refractivity contribution is -0.384. The van der Waals surface area contributed by atoms with Crippen molar-refractivity contribution in [1.29, 1.82) is 0 Å². The first-order valence-corrected chi connectivity index (χ1v) is 12.1. The Morgan fingerprint density at radius 1 is 0.784 bits per heavy atom. The van der Waals surface area contributed by atoms with E-state index >= 15 is 0 Å². The maximum atomic E-state index is 11.1. The van der Waals surface area contributed by atoms with Crippen molar-refractivity contribution in [2.45, 2.75) is 17.3 Å². The molecule has 0 saturated heterocycles. The van der Waals surface area contributed by atoms with Crippen LogP contribution in [0.4, 0.5) is 5.69 Å². The van der Waals surface area contributed by atoms with Gasteiger partial charge in [-0.2, -0.15) is 0 Å².